The van der Waals surface area contributed by atoms with Gasteiger partial charge in [-0.2, -0.15) is 5.10 Å². The first-order valence-electron chi connectivity index (χ1n) is 8.39. The summed E-state index contributed by atoms with van der Waals surface area (Å²) in [6.45, 7) is 7.41. The number of carbonyl (C=O) groups excluding carboxylic acids is 2. The van der Waals surface area contributed by atoms with Crippen LogP contribution in [0.1, 0.15) is 34.1 Å². The standard InChI is InChI=1S/C20H21N3O3/c1-11-9-12(2)17(13(3)10-11)21-19(24)14(4)26-20(25)18-15-7-5-6-8-16(15)22-23-18/h5-10,14H,1-4H3,(H,21,24)(H,22,23). The van der Waals surface area contributed by atoms with Crippen molar-refractivity contribution in [2.45, 2.75) is 33.8 Å². The van der Waals surface area contributed by atoms with E-state index in [4.69, 9.17) is 4.74 Å². The highest BCUT2D eigenvalue weighted by atomic mass is 16.5. The number of aryl methyl sites for hydroxylation is 3. The first kappa shape index (κ1) is 17.7. The number of nitrogens with one attached hydrogen (secondary N) is 2. The number of hydrogen-bond donors (Lipinski definition) is 2. The molecule has 1 heterocycles. The number of ether oxygens (including phenoxy) is 1. The lowest BCUT2D eigenvalue weighted by molar-refractivity contribution is -0.123. The summed E-state index contributed by atoms with van der Waals surface area (Å²) in [7, 11) is 0. The van der Waals surface area contributed by atoms with Gasteiger partial charge >= 0.3 is 5.97 Å². The van der Waals surface area contributed by atoms with Crippen LogP contribution in [0.5, 0.6) is 0 Å². The van der Waals surface area contributed by atoms with Crippen LogP contribution < -0.4 is 5.32 Å². The van der Waals surface area contributed by atoms with E-state index in [1.54, 1.807) is 13.0 Å². The number of aromatic amines is 1. The summed E-state index contributed by atoms with van der Waals surface area (Å²) in [5.41, 5.74) is 4.71. The van der Waals surface area contributed by atoms with E-state index in [1.807, 2.05) is 51.1 Å². The molecule has 2 aromatic carbocycles. The molecule has 0 aliphatic rings. The van der Waals surface area contributed by atoms with Gasteiger partial charge in [-0.25, -0.2) is 4.79 Å². The third-order valence-electron chi connectivity index (χ3n) is 4.24. The van der Waals surface area contributed by atoms with E-state index in [-0.39, 0.29) is 11.6 Å². The van der Waals surface area contributed by atoms with Crippen LogP contribution in [0.3, 0.4) is 0 Å². The van der Waals surface area contributed by atoms with E-state index in [0.717, 1.165) is 27.9 Å². The Morgan fingerprint density at radius 2 is 1.77 bits per heavy atom. The Morgan fingerprint density at radius 3 is 2.46 bits per heavy atom. The number of para-hydroxylation sites is 1. The number of nitrogens with zero attached hydrogens (tertiary/aromatic N) is 1. The SMILES string of the molecule is Cc1cc(C)c(NC(=O)C(C)OC(=O)c2n[nH]c3ccccc23)c(C)c1. The largest absolute Gasteiger partial charge is 0.448 e. The lowest BCUT2D eigenvalue weighted by Crippen LogP contribution is -2.30. The fourth-order valence-electron chi connectivity index (χ4n) is 2.99. The van der Waals surface area contributed by atoms with Gasteiger partial charge in [0.25, 0.3) is 5.91 Å². The van der Waals surface area contributed by atoms with Gasteiger partial charge in [-0.15, -0.1) is 0 Å². The van der Waals surface area contributed by atoms with E-state index in [2.05, 4.69) is 15.5 Å². The van der Waals surface area contributed by atoms with E-state index in [9.17, 15) is 9.59 Å². The fraction of sp³-hybridized carbons (Fsp3) is 0.250. The summed E-state index contributed by atoms with van der Waals surface area (Å²) < 4.78 is 5.31. The van der Waals surface area contributed by atoms with Crippen molar-refractivity contribution in [3.63, 3.8) is 0 Å². The van der Waals surface area contributed by atoms with Crippen LogP contribution in [0.25, 0.3) is 10.9 Å². The predicted molar refractivity (Wildman–Crippen MR) is 100 cm³/mol. The van der Waals surface area contributed by atoms with Crippen molar-refractivity contribution >= 4 is 28.5 Å². The monoisotopic (exact) mass is 351 g/mol. The summed E-state index contributed by atoms with van der Waals surface area (Å²) in [5, 5.41) is 10.3. The van der Waals surface area contributed by atoms with Gasteiger partial charge in [-0.05, 0) is 44.9 Å². The highest BCUT2D eigenvalue weighted by Gasteiger charge is 2.23. The van der Waals surface area contributed by atoms with Gasteiger partial charge in [0.15, 0.2) is 11.8 Å². The van der Waals surface area contributed by atoms with E-state index in [1.165, 1.54) is 0 Å². The Balaban J connectivity index is 1.72. The second-order valence-electron chi connectivity index (χ2n) is 6.43. The highest BCUT2D eigenvalue weighted by molar-refractivity contribution is 6.03. The molecule has 1 unspecified atom stereocenters. The molecule has 1 aromatic heterocycles. The molecule has 0 spiro atoms. The maximum atomic E-state index is 12.5. The Bertz CT molecular complexity index is 968. The highest BCUT2D eigenvalue weighted by Crippen LogP contribution is 2.22. The van der Waals surface area contributed by atoms with Crippen LogP contribution in [-0.4, -0.2) is 28.2 Å². The van der Waals surface area contributed by atoms with Gasteiger partial charge in [0, 0.05) is 11.1 Å². The number of rotatable bonds is 4. The molecular formula is C20H21N3O3. The molecule has 1 atom stereocenters. The molecule has 0 bridgehead atoms. The van der Waals surface area contributed by atoms with Crippen molar-refractivity contribution in [1.29, 1.82) is 0 Å². The van der Waals surface area contributed by atoms with E-state index >= 15 is 0 Å². The van der Waals surface area contributed by atoms with Crippen LogP contribution in [0.2, 0.25) is 0 Å². The molecule has 2 N–H and O–H groups in total. The number of aromatic nitrogens is 2. The molecule has 0 saturated carbocycles. The van der Waals surface area contributed by atoms with Gasteiger partial charge in [-0.1, -0.05) is 35.9 Å². The third kappa shape index (κ3) is 3.44. The lowest BCUT2D eigenvalue weighted by Gasteiger charge is -2.16. The molecule has 3 aromatic rings. The van der Waals surface area contributed by atoms with E-state index < -0.39 is 12.1 Å². The zero-order chi connectivity index (χ0) is 18.8. The molecule has 0 saturated heterocycles. The number of hydrogen-bond acceptors (Lipinski definition) is 4. The zero-order valence-electron chi connectivity index (χ0n) is 15.2. The van der Waals surface area contributed by atoms with Crippen molar-refractivity contribution in [2.75, 3.05) is 5.32 Å². The van der Waals surface area contributed by atoms with Crippen LogP contribution in [0.4, 0.5) is 5.69 Å². The van der Waals surface area contributed by atoms with Crippen molar-refractivity contribution in [1.82, 2.24) is 10.2 Å². The molecule has 6 heteroatoms. The molecule has 6 nitrogen and oxygen atoms in total. The normalized spacial score (nSPS) is 12.0. The van der Waals surface area contributed by atoms with Gasteiger partial charge in [-0.3, -0.25) is 9.89 Å². The second kappa shape index (κ2) is 7.00. The number of amides is 1. The molecule has 0 aliphatic carbocycles. The topological polar surface area (TPSA) is 84.1 Å². The molecule has 0 radical (unpaired) electrons. The first-order valence-corrected chi connectivity index (χ1v) is 8.39. The van der Waals surface area contributed by atoms with Crippen molar-refractivity contribution in [3.8, 4) is 0 Å². The van der Waals surface area contributed by atoms with Crippen LogP contribution in [-0.2, 0) is 9.53 Å². The summed E-state index contributed by atoms with van der Waals surface area (Å²) >= 11 is 0. The molecule has 0 aliphatic heterocycles. The predicted octanol–water partition coefficient (Wildman–Crippen LogP) is 3.67. The van der Waals surface area contributed by atoms with Gasteiger partial charge in [0.1, 0.15) is 0 Å². The van der Waals surface area contributed by atoms with Crippen molar-refractivity contribution < 1.29 is 14.3 Å². The van der Waals surface area contributed by atoms with E-state index in [0.29, 0.717) is 5.39 Å². The molecule has 26 heavy (non-hydrogen) atoms. The quantitative estimate of drug-likeness (QED) is 0.703. The molecule has 3 rings (SSSR count). The zero-order valence-corrected chi connectivity index (χ0v) is 15.2. The van der Waals surface area contributed by atoms with Crippen molar-refractivity contribution in [3.05, 3.63) is 58.8 Å². The number of H-pyrrole nitrogens is 1. The number of fused-ring (bicyclic) bond motifs is 1. The van der Waals surface area contributed by atoms with Gasteiger partial charge in [0.2, 0.25) is 0 Å². The third-order valence-corrected chi connectivity index (χ3v) is 4.24. The van der Waals surface area contributed by atoms with Crippen molar-refractivity contribution in [2.24, 2.45) is 0 Å². The maximum Gasteiger partial charge on any atom is 0.360 e. The van der Waals surface area contributed by atoms with Gasteiger partial charge in [0.05, 0.1) is 5.52 Å². The fourth-order valence-corrected chi connectivity index (χ4v) is 2.99. The summed E-state index contributed by atoms with van der Waals surface area (Å²) in [4.78, 5) is 24.8. The molecule has 1 amide bonds. The van der Waals surface area contributed by atoms with Crippen LogP contribution >= 0.6 is 0 Å². The second-order valence-corrected chi connectivity index (χ2v) is 6.43. The Hall–Kier alpha value is -3.15. The first-order chi connectivity index (χ1) is 12.4. The minimum atomic E-state index is -0.946. The summed E-state index contributed by atoms with van der Waals surface area (Å²) in [6, 6.07) is 11.2. The molecule has 134 valence electrons. The number of anilines is 1. The lowest BCUT2D eigenvalue weighted by atomic mass is 10.0. The van der Waals surface area contributed by atoms with Crippen LogP contribution in [0, 0.1) is 20.8 Å². The number of esters is 1. The number of carbonyl (C=O) groups is 2. The summed E-state index contributed by atoms with van der Waals surface area (Å²) in [5.74, 6) is -1.02. The average molecular weight is 351 g/mol. The number of benzene rings is 2. The summed E-state index contributed by atoms with van der Waals surface area (Å²) in [6.07, 6.45) is -0.946. The molecular weight excluding hydrogens is 330 g/mol. The van der Waals surface area contributed by atoms with Gasteiger partial charge < -0.3 is 10.1 Å². The van der Waals surface area contributed by atoms with Crippen LogP contribution in [0.15, 0.2) is 36.4 Å². The Morgan fingerprint density at radius 1 is 1.12 bits per heavy atom. The smallest absolute Gasteiger partial charge is 0.360 e. The minimum Gasteiger partial charge on any atom is -0.448 e. The minimum absolute atomic E-state index is 0.169. The Labute approximate surface area is 151 Å². The molecule has 0 fully saturated rings. The average Bonchev–Trinajstić information content (AvgIpc) is 3.02. The Kier molecular flexibility index (Phi) is 4.75. The maximum absolute atomic E-state index is 12.5.